The number of alkyl halides is 2. The predicted octanol–water partition coefficient (Wildman–Crippen LogP) is 3.03. The standard InChI is InChI=1S/C12H10F2O3S/c13-11(12(14)18(15,16)17)10-7-3-5-8-4-1-2-6-9(8)10/h1-7,11-12H,(H,15,16,17). The summed E-state index contributed by atoms with van der Waals surface area (Å²) in [4.78, 5) is 0. The van der Waals surface area contributed by atoms with Gasteiger partial charge in [0, 0.05) is 0 Å². The van der Waals surface area contributed by atoms with Crippen LogP contribution in [0.1, 0.15) is 11.7 Å². The summed E-state index contributed by atoms with van der Waals surface area (Å²) >= 11 is 0. The maximum atomic E-state index is 13.8. The van der Waals surface area contributed by atoms with E-state index in [-0.39, 0.29) is 5.56 Å². The molecule has 0 aromatic heterocycles. The summed E-state index contributed by atoms with van der Waals surface area (Å²) in [6.45, 7) is 0. The van der Waals surface area contributed by atoms with E-state index in [1.807, 2.05) is 0 Å². The molecule has 1 N–H and O–H groups in total. The van der Waals surface area contributed by atoms with Gasteiger partial charge in [-0.15, -0.1) is 0 Å². The number of hydrogen-bond donors (Lipinski definition) is 1. The van der Waals surface area contributed by atoms with E-state index in [1.165, 1.54) is 12.1 Å². The molecule has 3 nitrogen and oxygen atoms in total. The summed E-state index contributed by atoms with van der Waals surface area (Å²) in [5.41, 5.74) is -3.08. The van der Waals surface area contributed by atoms with Gasteiger partial charge in [0.2, 0.25) is 0 Å². The Morgan fingerprint density at radius 2 is 1.61 bits per heavy atom. The van der Waals surface area contributed by atoms with Crippen LogP contribution < -0.4 is 0 Å². The fraction of sp³-hybridized carbons (Fsp3) is 0.167. The van der Waals surface area contributed by atoms with E-state index in [0.717, 1.165) is 0 Å². The third-order valence-electron chi connectivity index (χ3n) is 2.64. The highest BCUT2D eigenvalue weighted by Crippen LogP contribution is 2.32. The van der Waals surface area contributed by atoms with E-state index >= 15 is 0 Å². The Morgan fingerprint density at radius 3 is 2.28 bits per heavy atom. The van der Waals surface area contributed by atoms with Crippen LogP contribution >= 0.6 is 0 Å². The lowest BCUT2D eigenvalue weighted by molar-refractivity contribution is 0.219. The fourth-order valence-electron chi connectivity index (χ4n) is 1.78. The molecule has 2 aromatic carbocycles. The molecule has 0 aliphatic carbocycles. The minimum absolute atomic E-state index is 0.0989. The first-order valence-electron chi connectivity index (χ1n) is 5.13. The van der Waals surface area contributed by atoms with Crippen LogP contribution in [0.3, 0.4) is 0 Å². The molecule has 0 fully saturated rings. The average molecular weight is 272 g/mol. The largest absolute Gasteiger partial charge is 0.300 e. The van der Waals surface area contributed by atoms with Gasteiger partial charge in [-0.2, -0.15) is 8.42 Å². The summed E-state index contributed by atoms with van der Waals surface area (Å²) in [5.74, 6) is 0. The lowest BCUT2D eigenvalue weighted by Crippen LogP contribution is -2.21. The molecule has 96 valence electrons. The van der Waals surface area contributed by atoms with Gasteiger partial charge in [-0.3, -0.25) is 4.55 Å². The van der Waals surface area contributed by atoms with Gasteiger partial charge in [-0.05, 0) is 16.3 Å². The first kappa shape index (κ1) is 12.9. The van der Waals surface area contributed by atoms with E-state index in [1.54, 1.807) is 30.3 Å². The van der Waals surface area contributed by atoms with Gasteiger partial charge in [-0.25, -0.2) is 8.78 Å². The van der Waals surface area contributed by atoms with Crippen LogP contribution in [0.5, 0.6) is 0 Å². The Morgan fingerprint density at radius 1 is 1.00 bits per heavy atom. The van der Waals surface area contributed by atoms with Gasteiger partial charge >= 0.3 is 10.1 Å². The molecular weight excluding hydrogens is 262 g/mol. The third kappa shape index (κ3) is 2.34. The first-order valence-corrected chi connectivity index (χ1v) is 6.63. The molecule has 0 amide bonds. The van der Waals surface area contributed by atoms with Gasteiger partial charge in [0.15, 0.2) is 6.17 Å². The van der Waals surface area contributed by atoms with Crippen molar-refractivity contribution in [3.05, 3.63) is 48.0 Å². The lowest BCUT2D eigenvalue weighted by atomic mass is 10.0. The zero-order valence-electron chi connectivity index (χ0n) is 9.12. The molecule has 0 radical (unpaired) electrons. The van der Waals surface area contributed by atoms with Gasteiger partial charge < -0.3 is 0 Å². The smallest absolute Gasteiger partial charge is 0.283 e. The summed E-state index contributed by atoms with van der Waals surface area (Å²) < 4.78 is 56.9. The maximum absolute atomic E-state index is 13.8. The van der Waals surface area contributed by atoms with Crippen LogP contribution in [-0.2, 0) is 10.1 Å². The summed E-state index contributed by atoms with van der Waals surface area (Å²) in [7, 11) is -5.06. The highest BCUT2D eigenvalue weighted by atomic mass is 32.2. The number of hydrogen-bond acceptors (Lipinski definition) is 2. The van der Waals surface area contributed by atoms with Crippen molar-refractivity contribution in [3.8, 4) is 0 Å². The van der Waals surface area contributed by atoms with Crippen LogP contribution in [0.15, 0.2) is 42.5 Å². The Labute approximate surface area is 103 Å². The van der Waals surface area contributed by atoms with Crippen molar-refractivity contribution in [3.63, 3.8) is 0 Å². The normalized spacial score (nSPS) is 15.5. The Balaban J connectivity index is 2.55. The second-order valence-corrected chi connectivity index (χ2v) is 5.32. The molecule has 2 unspecified atom stereocenters. The molecule has 6 heteroatoms. The first-order chi connectivity index (χ1) is 8.41. The highest BCUT2D eigenvalue weighted by molar-refractivity contribution is 7.86. The minimum atomic E-state index is -5.06. The molecule has 0 spiro atoms. The lowest BCUT2D eigenvalue weighted by Gasteiger charge is -2.13. The van der Waals surface area contributed by atoms with Gasteiger partial charge in [0.1, 0.15) is 0 Å². The molecular formula is C12H10F2O3S. The Kier molecular flexibility index (Phi) is 3.32. The summed E-state index contributed by atoms with van der Waals surface area (Å²) in [5, 5.41) is 1.08. The number of benzene rings is 2. The van der Waals surface area contributed by atoms with Crippen LogP contribution in [0.4, 0.5) is 8.78 Å². The molecule has 18 heavy (non-hydrogen) atoms. The van der Waals surface area contributed by atoms with Crippen molar-refractivity contribution in [2.24, 2.45) is 0 Å². The van der Waals surface area contributed by atoms with Crippen LogP contribution in [-0.4, -0.2) is 18.5 Å². The van der Waals surface area contributed by atoms with Crippen LogP contribution in [0.25, 0.3) is 10.8 Å². The van der Waals surface area contributed by atoms with E-state index in [4.69, 9.17) is 4.55 Å². The van der Waals surface area contributed by atoms with Gasteiger partial charge in [0.25, 0.3) is 5.50 Å². The topological polar surface area (TPSA) is 54.4 Å². The number of rotatable bonds is 3. The third-order valence-corrected chi connectivity index (χ3v) is 3.44. The van der Waals surface area contributed by atoms with Crippen LogP contribution in [0.2, 0.25) is 0 Å². The molecule has 0 aliphatic heterocycles. The van der Waals surface area contributed by atoms with Crippen molar-refractivity contribution in [2.75, 3.05) is 0 Å². The highest BCUT2D eigenvalue weighted by Gasteiger charge is 2.34. The SMILES string of the molecule is O=S(=O)(O)C(F)C(F)c1cccc2ccccc12. The van der Waals surface area contributed by atoms with E-state index < -0.39 is 21.8 Å². The zero-order valence-corrected chi connectivity index (χ0v) is 9.94. The van der Waals surface area contributed by atoms with E-state index in [2.05, 4.69) is 0 Å². The number of halogens is 2. The molecule has 0 bridgehead atoms. The average Bonchev–Trinajstić information content (AvgIpc) is 2.35. The van der Waals surface area contributed by atoms with Gasteiger partial charge in [0.05, 0.1) is 0 Å². The zero-order chi connectivity index (χ0) is 13.3. The van der Waals surface area contributed by atoms with Crippen molar-refractivity contribution in [2.45, 2.75) is 11.7 Å². The van der Waals surface area contributed by atoms with Gasteiger partial charge in [-0.1, -0.05) is 42.5 Å². The van der Waals surface area contributed by atoms with Crippen molar-refractivity contribution in [1.82, 2.24) is 0 Å². The Hall–Kier alpha value is -1.53. The molecule has 0 heterocycles. The monoisotopic (exact) mass is 272 g/mol. The maximum Gasteiger partial charge on any atom is 0.300 e. The van der Waals surface area contributed by atoms with Crippen molar-refractivity contribution >= 4 is 20.9 Å². The molecule has 2 atom stereocenters. The molecule has 0 saturated carbocycles. The second kappa shape index (κ2) is 4.62. The summed E-state index contributed by atoms with van der Waals surface area (Å²) in [6, 6.07) is 11.1. The van der Waals surface area contributed by atoms with E-state index in [0.29, 0.717) is 10.8 Å². The minimum Gasteiger partial charge on any atom is -0.283 e. The quantitative estimate of drug-likeness (QED) is 0.874. The predicted molar refractivity (Wildman–Crippen MR) is 64.2 cm³/mol. The molecule has 0 saturated heterocycles. The molecule has 2 rings (SSSR count). The Bertz CT molecular complexity index is 665. The van der Waals surface area contributed by atoms with E-state index in [9.17, 15) is 17.2 Å². The number of fused-ring (bicyclic) bond motifs is 1. The van der Waals surface area contributed by atoms with Crippen molar-refractivity contribution in [1.29, 1.82) is 0 Å². The molecule has 2 aromatic rings. The second-order valence-electron chi connectivity index (χ2n) is 3.84. The van der Waals surface area contributed by atoms with Crippen molar-refractivity contribution < 1.29 is 21.8 Å². The fourth-order valence-corrected chi connectivity index (χ4v) is 2.23. The molecule has 0 aliphatic rings. The summed E-state index contributed by atoms with van der Waals surface area (Å²) in [6.07, 6.45) is -2.42. The van der Waals surface area contributed by atoms with Crippen LogP contribution in [0, 0.1) is 0 Å².